The summed E-state index contributed by atoms with van der Waals surface area (Å²) in [6.07, 6.45) is 8.65. The highest BCUT2D eigenvalue weighted by Crippen LogP contribution is 2.31. The summed E-state index contributed by atoms with van der Waals surface area (Å²) in [7, 11) is 0. The van der Waals surface area contributed by atoms with Gasteiger partial charge in [0.1, 0.15) is 6.33 Å². The van der Waals surface area contributed by atoms with Gasteiger partial charge in [0.05, 0.1) is 0 Å². The molecule has 0 amide bonds. The fourth-order valence-electron chi connectivity index (χ4n) is 2.50. The van der Waals surface area contributed by atoms with Gasteiger partial charge in [-0.2, -0.15) is 5.10 Å². The molecule has 1 fully saturated rings. The summed E-state index contributed by atoms with van der Waals surface area (Å²) in [6.45, 7) is 3.35. The zero-order valence-electron chi connectivity index (χ0n) is 9.28. The van der Waals surface area contributed by atoms with E-state index in [0.29, 0.717) is 0 Å². The lowest BCUT2D eigenvalue weighted by Gasteiger charge is -2.27. The Morgan fingerprint density at radius 1 is 1.40 bits per heavy atom. The molecule has 0 aliphatic heterocycles. The Labute approximate surface area is 95.9 Å². The third-order valence-electron chi connectivity index (χ3n) is 3.62. The number of nitrogens with zero attached hydrogens (tertiary/aromatic N) is 2. The third kappa shape index (κ3) is 2.68. The highest BCUT2D eigenvalue weighted by atomic mass is 32.1. The lowest BCUT2D eigenvalue weighted by atomic mass is 9.81. The van der Waals surface area contributed by atoms with Crippen LogP contribution in [0.2, 0.25) is 0 Å². The molecular weight excluding hydrogens is 206 g/mol. The van der Waals surface area contributed by atoms with Crippen molar-refractivity contribution in [1.29, 1.82) is 0 Å². The van der Waals surface area contributed by atoms with Crippen molar-refractivity contribution in [3.63, 3.8) is 0 Å². The normalized spacial score (nSPS) is 26.7. The number of hydrogen-bond acceptors (Lipinski definition) is 2. The molecule has 0 spiro atoms. The van der Waals surface area contributed by atoms with E-state index >= 15 is 0 Å². The van der Waals surface area contributed by atoms with Gasteiger partial charge < -0.3 is 4.57 Å². The first-order chi connectivity index (χ1) is 7.29. The van der Waals surface area contributed by atoms with E-state index in [1.807, 2.05) is 6.33 Å². The molecule has 1 aromatic heterocycles. The van der Waals surface area contributed by atoms with Gasteiger partial charge in [-0.15, -0.1) is 0 Å². The quantitative estimate of drug-likeness (QED) is 0.802. The molecule has 15 heavy (non-hydrogen) atoms. The molecule has 1 aliphatic carbocycles. The van der Waals surface area contributed by atoms with Crippen LogP contribution in [0.4, 0.5) is 0 Å². The molecule has 0 atom stereocenters. The van der Waals surface area contributed by atoms with E-state index in [0.717, 1.165) is 23.2 Å². The minimum Gasteiger partial charge on any atom is -0.306 e. The maximum absolute atomic E-state index is 5.14. The van der Waals surface area contributed by atoms with Crippen LogP contribution in [0.15, 0.2) is 6.33 Å². The smallest absolute Gasteiger partial charge is 0.194 e. The molecule has 3 nitrogen and oxygen atoms in total. The zero-order chi connectivity index (χ0) is 10.7. The van der Waals surface area contributed by atoms with Crippen LogP contribution in [0.3, 0.4) is 0 Å². The van der Waals surface area contributed by atoms with Crippen LogP contribution in [-0.4, -0.2) is 14.8 Å². The number of nitrogens with one attached hydrogen (secondary N) is 1. The van der Waals surface area contributed by atoms with Crippen LogP contribution in [-0.2, 0) is 6.54 Å². The number of aromatic nitrogens is 3. The fourth-order valence-corrected chi connectivity index (χ4v) is 2.68. The summed E-state index contributed by atoms with van der Waals surface area (Å²) in [4.78, 5) is 0. The molecule has 4 heteroatoms. The van der Waals surface area contributed by atoms with E-state index < -0.39 is 0 Å². The molecule has 84 valence electrons. The molecule has 2 rings (SSSR count). The van der Waals surface area contributed by atoms with E-state index in [2.05, 4.69) is 21.7 Å². The van der Waals surface area contributed by atoms with Gasteiger partial charge >= 0.3 is 0 Å². The van der Waals surface area contributed by atoms with Crippen molar-refractivity contribution in [3.05, 3.63) is 11.1 Å². The molecule has 0 aromatic carbocycles. The Morgan fingerprint density at radius 3 is 2.60 bits per heavy atom. The molecule has 1 N–H and O–H groups in total. The number of hydrogen-bond donors (Lipinski definition) is 1. The van der Waals surface area contributed by atoms with Crippen molar-refractivity contribution in [2.24, 2.45) is 11.8 Å². The molecule has 1 aliphatic rings. The predicted octanol–water partition coefficient (Wildman–Crippen LogP) is 3.16. The van der Waals surface area contributed by atoms with Gasteiger partial charge in [0.2, 0.25) is 0 Å². The van der Waals surface area contributed by atoms with Crippen LogP contribution >= 0.6 is 12.2 Å². The Bertz CT molecular complexity index is 347. The Morgan fingerprint density at radius 2 is 2.07 bits per heavy atom. The second kappa shape index (κ2) is 4.92. The summed E-state index contributed by atoms with van der Waals surface area (Å²) in [5.74, 6) is 1.77. The lowest BCUT2D eigenvalue weighted by Crippen LogP contribution is -2.18. The summed E-state index contributed by atoms with van der Waals surface area (Å²) in [5.41, 5.74) is 0. The van der Waals surface area contributed by atoms with Gasteiger partial charge in [0.15, 0.2) is 4.77 Å². The molecule has 0 unspecified atom stereocenters. The second-order valence-corrected chi connectivity index (χ2v) is 5.00. The summed E-state index contributed by atoms with van der Waals surface area (Å²) < 4.78 is 2.82. The zero-order valence-corrected chi connectivity index (χ0v) is 10.1. The van der Waals surface area contributed by atoms with Crippen molar-refractivity contribution >= 4 is 12.2 Å². The minimum atomic E-state index is 0.757. The van der Waals surface area contributed by atoms with Crippen molar-refractivity contribution in [2.45, 2.75) is 45.6 Å². The van der Waals surface area contributed by atoms with Crippen molar-refractivity contribution in [2.75, 3.05) is 0 Å². The molecule has 1 aromatic rings. The molecule has 1 saturated carbocycles. The van der Waals surface area contributed by atoms with E-state index in [4.69, 9.17) is 12.2 Å². The van der Waals surface area contributed by atoms with Gasteiger partial charge in [-0.3, -0.25) is 5.10 Å². The first-order valence-electron chi connectivity index (χ1n) is 5.89. The van der Waals surface area contributed by atoms with E-state index in [1.165, 1.54) is 32.1 Å². The average Bonchev–Trinajstić information content (AvgIpc) is 2.66. The maximum Gasteiger partial charge on any atom is 0.194 e. The molecule has 0 saturated heterocycles. The van der Waals surface area contributed by atoms with E-state index in [1.54, 1.807) is 0 Å². The Balaban J connectivity index is 1.87. The number of H-pyrrole nitrogens is 1. The van der Waals surface area contributed by atoms with Gasteiger partial charge in [0, 0.05) is 6.54 Å². The first-order valence-corrected chi connectivity index (χ1v) is 6.30. The third-order valence-corrected chi connectivity index (χ3v) is 3.94. The molecule has 0 bridgehead atoms. The monoisotopic (exact) mass is 225 g/mol. The van der Waals surface area contributed by atoms with Crippen LogP contribution in [0.5, 0.6) is 0 Å². The number of aromatic amines is 1. The van der Waals surface area contributed by atoms with Crippen molar-refractivity contribution in [1.82, 2.24) is 14.8 Å². The maximum atomic E-state index is 5.14. The summed E-state index contributed by atoms with van der Waals surface area (Å²) in [5, 5.41) is 6.76. The summed E-state index contributed by atoms with van der Waals surface area (Å²) in [6, 6.07) is 0. The van der Waals surface area contributed by atoms with Gasteiger partial charge in [0.25, 0.3) is 0 Å². The van der Waals surface area contributed by atoms with Crippen molar-refractivity contribution < 1.29 is 0 Å². The fraction of sp³-hybridized carbons (Fsp3) is 0.818. The van der Waals surface area contributed by atoms with Crippen LogP contribution in [0, 0.1) is 16.6 Å². The topological polar surface area (TPSA) is 33.6 Å². The second-order valence-electron chi connectivity index (χ2n) is 4.61. The standard InChI is InChI=1S/C11H19N3S/c1-2-9-3-5-10(6-4-9)7-14-8-12-13-11(14)15/h8-10H,2-7H2,1H3,(H,13,15). The largest absolute Gasteiger partial charge is 0.306 e. The van der Waals surface area contributed by atoms with E-state index in [-0.39, 0.29) is 0 Å². The average molecular weight is 225 g/mol. The Kier molecular flexibility index (Phi) is 3.57. The van der Waals surface area contributed by atoms with Crippen molar-refractivity contribution in [3.8, 4) is 0 Å². The van der Waals surface area contributed by atoms with Gasteiger partial charge in [-0.25, -0.2) is 0 Å². The Hall–Kier alpha value is -0.640. The van der Waals surface area contributed by atoms with Gasteiger partial charge in [-0.05, 0) is 36.9 Å². The summed E-state index contributed by atoms with van der Waals surface area (Å²) >= 11 is 5.14. The highest BCUT2D eigenvalue weighted by molar-refractivity contribution is 7.71. The number of rotatable bonds is 3. The van der Waals surface area contributed by atoms with Crippen LogP contribution < -0.4 is 0 Å². The molecular formula is C11H19N3S. The highest BCUT2D eigenvalue weighted by Gasteiger charge is 2.20. The van der Waals surface area contributed by atoms with Gasteiger partial charge in [-0.1, -0.05) is 26.2 Å². The minimum absolute atomic E-state index is 0.757. The van der Waals surface area contributed by atoms with E-state index in [9.17, 15) is 0 Å². The van der Waals surface area contributed by atoms with Crippen LogP contribution in [0.25, 0.3) is 0 Å². The molecule has 0 radical (unpaired) electrons. The van der Waals surface area contributed by atoms with Crippen LogP contribution in [0.1, 0.15) is 39.0 Å². The SMILES string of the molecule is CCC1CCC(Cn2cn[nH]c2=S)CC1. The predicted molar refractivity (Wildman–Crippen MR) is 63.2 cm³/mol. The first kappa shape index (κ1) is 10.9. The molecule has 1 heterocycles. The lowest BCUT2D eigenvalue weighted by molar-refractivity contribution is 0.247.